The number of rotatable bonds is 4. The van der Waals surface area contributed by atoms with E-state index in [9.17, 15) is 9.59 Å². The number of nitrogens with one attached hydrogen (secondary N) is 1. The maximum Gasteiger partial charge on any atom is 0.227 e. The Morgan fingerprint density at radius 2 is 2.36 bits per heavy atom. The molecule has 0 unspecified atom stereocenters. The van der Waals surface area contributed by atoms with Crippen molar-refractivity contribution in [3.05, 3.63) is 39.8 Å². The van der Waals surface area contributed by atoms with Gasteiger partial charge in [0.05, 0.1) is 11.3 Å². The van der Waals surface area contributed by atoms with Crippen LogP contribution >= 0.6 is 11.3 Å². The summed E-state index contributed by atoms with van der Waals surface area (Å²) in [4.78, 5) is 26.5. The standard InChI is InChI=1S/C16H19N3O2S/c1-11(20)15-7-12(10-22-15)8-16(21)19-6-2-3-13(9-19)14-4-5-17-18-14/h4-5,7,10,13H,2-3,6,8-9H2,1H3,(H,17,18)/t13-/m0/s1. The van der Waals surface area contributed by atoms with Gasteiger partial charge in [0, 0.05) is 30.9 Å². The number of amides is 1. The molecule has 1 fully saturated rings. The van der Waals surface area contributed by atoms with E-state index < -0.39 is 0 Å². The normalized spacial score (nSPS) is 18.4. The fraction of sp³-hybridized carbons (Fsp3) is 0.438. The van der Waals surface area contributed by atoms with Crippen LogP contribution in [0, 0.1) is 0 Å². The van der Waals surface area contributed by atoms with Crippen LogP contribution in [0.25, 0.3) is 0 Å². The summed E-state index contributed by atoms with van der Waals surface area (Å²) in [7, 11) is 0. The minimum atomic E-state index is 0.0565. The van der Waals surface area contributed by atoms with Crippen LogP contribution in [0.15, 0.2) is 23.7 Å². The van der Waals surface area contributed by atoms with Gasteiger partial charge in [-0.2, -0.15) is 5.10 Å². The molecule has 0 aromatic carbocycles. The first kappa shape index (κ1) is 15.0. The Hall–Kier alpha value is -1.95. The fourth-order valence-electron chi connectivity index (χ4n) is 2.89. The molecule has 1 aliphatic heterocycles. The molecule has 6 heteroatoms. The Morgan fingerprint density at radius 1 is 1.50 bits per heavy atom. The second-order valence-corrected chi connectivity index (χ2v) is 6.65. The Morgan fingerprint density at radius 3 is 3.05 bits per heavy atom. The highest BCUT2D eigenvalue weighted by Gasteiger charge is 2.25. The molecule has 116 valence electrons. The Kier molecular flexibility index (Phi) is 4.38. The van der Waals surface area contributed by atoms with Gasteiger partial charge in [-0.05, 0) is 42.8 Å². The Bertz CT molecular complexity index is 663. The van der Waals surface area contributed by atoms with Crippen LogP contribution < -0.4 is 0 Å². The van der Waals surface area contributed by atoms with E-state index in [-0.39, 0.29) is 11.7 Å². The molecule has 1 aliphatic rings. The second-order valence-electron chi connectivity index (χ2n) is 5.74. The third-order valence-corrected chi connectivity index (χ3v) is 5.17. The highest BCUT2D eigenvalue weighted by Crippen LogP contribution is 2.26. The van der Waals surface area contributed by atoms with Gasteiger partial charge in [0.1, 0.15) is 0 Å². The van der Waals surface area contributed by atoms with Gasteiger partial charge in [-0.15, -0.1) is 11.3 Å². The lowest BCUT2D eigenvalue weighted by atomic mass is 9.94. The fourth-order valence-corrected chi connectivity index (χ4v) is 3.71. The first-order chi connectivity index (χ1) is 10.6. The number of aromatic nitrogens is 2. The predicted molar refractivity (Wildman–Crippen MR) is 85.2 cm³/mol. The summed E-state index contributed by atoms with van der Waals surface area (Å²) in [6.45, 7) is 3.11. The number of aromatic amines is 1. The number of H-pyrrole nitrogens is 1. The van der Waals surface area contributed by atoms with Crippen LogP contribution in [-0.4, -0.2) is 39.9 Å². The zero-order chi connectivity index (χ0) is 15.5. The van der Waals surface area contributed by atoms with E-state index >= 15 is 0 Å². The molecule has 2 aromatic heterocycles. The summed E-state index contributed by atoms with van der Waals surface area (Å²) in [5, 5.41) is 8.91. The van der Waals surface area contributed by atoms with Crippen LogP contribution in [0.3, 0.4) is 0 Å². The van der Waals surface area contributed by atoms with Gasteiger partial charge in [0.25, 0.3) is 0 Å². The number of piperidine rings is 1. The van der Waals surface area contributed by atoms with Crippen molar-refractivity contribution in [1.29, 1.82) is 0 Å². The van der Waals surface area contributed by atoms with E-state index in [1.54, 1.807) is 13.1 Å². The summed E-state index contributed by atoms with van der Waals surface area (Å²) >= 11 is 1.41. The van der Waals surface area contributed by atoms with Crippen molar-refractivity contribution >= 4 is 23.0 Å². The van der Waals surface area contributed by atoms with Gasteiger partial charge in [0.2, 0.25) is 5.91 Å². The molecular formula is C16H19N3O2S. The molecule has 1 atom stereocenters. The van der Waals surface area contributed by atoms with Gasteiger partial charge in [-0.3, -0.25) is 14.7 Å². The van der Waals surface area contributed by atoms with Crippen LogP contribution in [0.1, 0.15) is 46.6 Å². The molecule has 0 saturated carbocycles. The molecule has 2 aromatic rings. The zero-order valence-electron chi connectivity index (χ0n) is 12.5. The number of carbonyl (C=O) groups is 2. The highest BCUT2D eigenvalue weighted by atomic mass is 32.1. The molecule has 1 saturated heterocycles. The molecule has 1 amide bonds. The van der Waals surface area contributed by atoms with Crippen LogP contribution in [0.2, 0.25) is 0 Å². The average Bonchev–Trinajstić information content (AvgIpc) is 3.19. The lowest BCUT2D eigenvalue weighted by Crippen LogP contribution is -2.40. The lowest BCUT2D eigenvalue weighted by molar-refractivity contribution is -0.131. The zero-order valence-corrected chi connectivity index (χ0v) is 13.4. The van der Waals surface area contributed by atoms with Crippen molar-refractivity contribution in [3.8, 4) is 0 Å². The molecule has 0 radical (unpaired) electrons. The van der Waals surface area contributed by atoms with Gasteiger partial charge in [-0.1, -0.05) is 0 Å². The molecule has 3 heterocycles. The summed E-state index contributed by atoms with van der Waals surface area (Å²) in [5.74, 6) is 0.536. The van der Waals surface area contributed by atoms with Gasteiger partial charge < -0.3 is 4.90 Å². The smallest absolute Gasteiger partial charge is 0.227 e. The molecule has 5 nitrogen and oxygen atoms in total. The van der Waals surface area contributed by atoms with Crippen LogP contribution in [-0.2, 0) is 11.2 Å². The number of thiophene rings is 1. The van der Waals surface area contributed by atoms with Gasteiger partial charge >= 0.3 is 0 Å². The number of ketones is 1. The highest BCUT2D eigenvalue weighted by molar-refractivity contribution is 7.12. The summed E-state index contributed by atoms with van der Waals surface area (Å²) < 4.78 is 0. The third-order valence-electron chi connectivity index (χ3n) is 4.09. The molecule has 22 heavy (non-hydrogen) atoms. The van der Waals surface area contributed by atoms with Crippen molar-refractivity contribution in [2.24, 2.45) is 0 Å². The SMILES string of the molecule is CC(=O)c1cc(CC(=O)N2CCC[C@H](c3ccn[nH]3)C2)cs1. The van der Waals surface area contributed by atoms with E-state index in [2.05, 4.69) is 10.2 Å². The van der Waals surface area contributed by atoms with E-state index in [4.69, 9.17) is 0 Å². The molecular weight excluding hydrogens is 298 g/mol. The van der Waals surface area contributed by atoms with E-state index in [0.29, 0.717) is 12.3 Å². The maximum absolute atomic E-state index is 12.5. The third kappa shape index (κ3) is 3.27. The number of likely N-dealkylation sites (tertiary alicyclic amines) is 1. The number of hydrogen-bond donors (Lipinski definition) is 1. The molecule has 3 rings (SSSR count). The number of hydrogen-bond acceptors (Lipinski definition) is 4. The number of carbonyl (C=O) groups excluding carboxylic acids is 2. The minimum Gasteiger partial charge on any atom is -0.342 e. The van der Waals surface area contributed by atoms with E-state index in [1.165, 1.54) is 11.3 Å². The molecule has 0 bridgehead atoms. The van der Waals surface area contributed by atoms with Crippen molar-refractivity contribution in [3.63, 3.8) is 0 Å². The monoisotopic (exact) mass is 317 g/mol. The predicted octanol–water partition coefficient (Wildman–Crippen LogP) is 2.62. The summed E-state index contributed by atoms with van der Waals surface area (Å²) in [6.07, 6.45) is 4.22. The number of Topliss-reactive ketones (excluding diaryl/α,β-unsaturated/α-hetero) is 1. The Balaban J connectivity index is 1.62. The summed E-state index contributed by atoms with van der Waals surface area (Å²) in [6, 6.07) is 3.82. The summed E-state index contributed by atoms with van der Waals surface area (Å²) in [5.41, 5.74) is 2.04. The minimum absolute atomic E-state index is 0.0565. The topological polar surface area (TPSA) is 66.1 Å². The maximum atomic E-state index is 12.5. The van der Waals surface area contributed by atoms with Crippen molar-refractivity contribution in [1.82, 2.24) is 15.1 Å². The second kappa shape index (κ2) is 6.44. The number of nitrogens with zero attached hydrogens (tertiary/aromatic N) is 2. The van der Waals surface area contributed by atoms with Gasteiger partial charge in [-0.25, -0.2) is 0 Å². The van der Waals surface area contributed by atoms with Crippen LogP contribution in [0.4, 0.5) is 0 Å². The molecule has 0 spiro atoms. The quantitative estimate of drug-likeness (QED) is 0.882. The largest absolute Gasteiger partial charge is 0.342 e. The molecule has 0 aliphatic carbocycles. The molecule has 1 N–H and O–H groups in total. The van der Waals surface area contributed by atoms with Crippen molar-refractivity contribution < 1.29 is 9.59 Å². The van der Waals surface area contributed by atoms with Crippen LogP contribution in [0.5, 0.6) is 0 Å². The Labute approximate surface area is 133 Å². The lowest BCUT2D eigenvalue weighted by Gasteiger charge is -2.32. The average molecular weight is 317 g/mol. The van der Waals surface area contributed by atoms with Crippen molar-refractivity contribution in [2.75, 3.05) is 13.1 Å². The van der Waals surface area contributed by atoms with E-state index in [0.717, 1.165) is 42.1 Å². The first-order valence-electron chi connectivity index (χ1n) is 7.49. The van der Waals surface area contributed by atoms with E-state index in [1.807, 2.05) is 22.4 Å². The van der Waals surface area contributed by atoms with Gasteiger partial charge in [0.15, 0.2) is 5.78 Å². The first-order valence-corrected chi connectivity index (χ1v) is 8.37. The van der Waals surface area contributed by atoms with Crippen molar-refractivity contribution in [2.45, 2.75) is 32.1 Å².